The number of rotatable bonds is 7. The molecule has 0 saturated heterocycles. The summed E-state index contributed by atoms with van der Waals surface area (Å²) in [6, 6.07) is 22.0. The van der Waals surface area contributed by atoms with E-state index in [1.807, 2.05) is 59.2 Å². The van der Waals surface area contributed by atoms with E-state index in [1.54, 1.807) is 12.1 Å². The highest BCUT2D eigenvalue weighted by atomic mass is 35.5. The fourth-order valence-corrected chi connectivity index (χ4v) is 3.71. The number of halogens is 2. The molecule has 1 amide bonds. The Bertz CT molecular complexity index is 1150. The van der Waals surface area contributed by atoms with Crippen molar-refractivity contribution in [3.05, 3.63) is 101 Å². The maximum Gasteiger partial charge on any atom is 0.224 e. The first-order valence-electron chi connectivity index (χ1n) is 9.79. The monoisotopic (exact) mass is 421 g/mol. The highest BCUT2D eigenvalue weighted by Crippen LogP contribution is 2.24. The topological polar surface area (TPSA) is 46.9 Å². The van der Waals surface area contributed by atoms with Gasteiger partial charge >= 0.3 is 0 Å². The molecule has 0 unspecified atom stereocenters. The summed E-state index contributed by atoms with van der Waals surface area (Å²) in [6.07, 6.45) is 0.864. The van der Waals surface area contributed by atoms with E-state index in [9.17, 15) is 9.18 Å². The third-order valence-electron chi connectivity index (χ3n) is 4.99. The van der Waals surface area contributed by atoms with Crippen molar-refractivity contribution in [2.24, 2.45) is 0 Å². The summed E-state index contributed by atoms with van der Waals surface area (Å²) in [5.74, 6) is 0.388. The molecule has 0 aliphatic heterocycles. The number of imidazole rings is 1. The minimum absolute atomic E-state index is 0.0407. The van der Waals surface area contributed by atoms with Crippen LogP contribution in [0.5, 0.6) is 0 Å². The Morgan fingerprint density at radius 2 is 1.77 bits per heavy atom. The van der Waals surface area contributed by atoms with Gasteiger partial charge in [0.1, 0.15) is 11.6 Å². The van der Waals surface area contributed by atoms with Gasteiger partial charge in [-0.15, -0.1) is 0 Å². The Morgan fingerprint density at radius 1 is 1.00 bits per heavy atom. The molecule has 0 atom stereocenters. The Hall–Kier alpha value is -3.18. The molecule has 0 saturated carbocycles. The lowest BCUT2D eigenvalue weighted by Crippen LogP contribution is -2.28. The summed E-state index contributed by atoms with van der Waals surface area (Å²) in [5.41, 5.74) is 3.13. The van der Waals surface area contributed by atoms with E-state index in [4.69, 9.17) is 16.6 Å². The van der Waals surface area contributed by atoms with Gasteiger partial charge in [0.05, 0.1) is 24.0 Å². The average Bonchev–Trinajstić information content (AvgIpc) is 3.09. The first-order valence-corrected chi connectivity index (χ1v) is 10.2. The van der Waals surface area contributed by atoms with Crippen LogP contribution in [0.4, 0.5) is 4.39 Å². The third-order valence-corrected chi connectivity index (χ3v) is 5.34. The van der Waals surface area contributed by atoms with Gasteiger partial charge in [-0.1, -0.05) is 60.1 Å². The van der Waals surface area contributed by atoms with Crippen LogP contribution in [0.1, 0.15) is 17.0 Å². The van der Waals surface area contributed by atoms with Crippen LogP contribution in [0.2, 0.25) is 5.02 Å². The van der Waals surface area contributed by atoms with Crippen molar-refractivity contribution in [2.45, 2.75) is 19.4 Å². The Balaban J connectivity index is 1.51. The van der Waals surface area contributed by atoms with Crippen LogP contribution in [-0.4, -0.2) is 22.0 Å². The maximum atomic E-state index is 14.4. The van der Waals surface area contributed by atoms with Gasteiger partial charge < -0.3 is 9.88 Å². The molecule has 0 fully saturated rings. The third kappa shape index (κ3) is 4.52. The molecule has 4 aromatic rings. The molecule has 1 aromatic heterocycles. The molecule has 6 heteroatoms. The minimum atomic E-state index is -0.345. The number of nitrogens with zero attached hydrogens (tertiary/aromatic N) is 2. The van der Waals surface area contributed by atoms with Crippen LogP contribution in [-0.2, 0) is 24.2 Å². The number of amides is 1. The minimum Gasteiger partial charge on any atom is -0.355 e. The molecule has 1 heterocycles. The number of fused-ring (bicyclic) bond motifs is 1. The molecule has 3 aromatic carbocycles. The van der Waals surface area contributed by atoms with Crippen LogP contribution < -0.4 is 5.32 Å². The lowest BCUT2D eigenvalue weighted by atomic mass is 10.1. The zero-order valence-corrected chi connectivity index (χ0v) is 17.1. The van der Waals surface area contributed by atoms with Crippen molar-refractivity contribution in [3.8, 4) is 0 Å². The van der Waals surface area contributed by atoms with Crippen LogP contribution in [0.15, 0.2) is 72.8 Å². The van der Waals surface area contributed by atoms with Gasteiger partial charge in [-0.2, -0.15) is 0 Å². The number of carbonyl (C=O) groups is 1. The fraction of sp³-hybridized carbons (Fsp3) is 0.167. The van der Waals surface area contributed by atoms with Gasteiger partial charge in [0, 0.05) is 23.6 Å². The van der Waals surface area contributed by atoms with E-state index in [0.29, 0.717) is 30.0 Å². The summed E-state index contributed by atoms with van der Waals surface area (Å²) in [4.78, 5) is 16.9. The van der Waals surface area contributed by atoms with Gasteiger partial charge in [-0.3, -0.25) is 4.79 Å². The highest BCUT2D eigenvalue weighted by Gasteiger charge is 2.15. The number of hydrogen-bond donors (Lipinski definition) is 1. The molecule has 4 rings (SSSR count). The van der Waals surface area contributed by atoms with Crippen molar-refractivity contribution < 1.29 is 9.18 Å². The first kappa shape index (κ1) is 20.1. The molecular weight excluding hydrogens is 401 g/mol. The predicted octanol–water partition coefficient (Wildman–Crippen LogP) is 4.78. The summed E-state index contributed by atoms with van der Waals surface area (Å²) >= 11 is 6.24. The molecular formula is C24H21ClFN3O. The van der Waals surface area contributed by atoms with Crippen molar-refractivity contribution in [2.75, 3.05) is 6.54 Å². The zero-order chi connectivity index (χ0) is 20.9. The van der Waals surface area contributed by atoms with Gasteiger partial charge in [0.25, 0.3) is 0 Å². The van der Waals surface area contributed by atoms with Crippen molar-refractivity contribution in [1.82, 2.24) is 14.9 Å². The SMILES string of the molecule is O=C(Cc1ccccc1)NCCc1nc2ccccc2n1Cc1c(F)cccc1Cl. The molecule has 1 N–H and O–H groups in total. The molecule has 0 aliphatic rings. The van der Waals surface area contributed by atoms with Gasteiger partial charge in [0.15, 0.2) is 0 Å². The lowest BCUT2D eigenvalue weighted by molar-refractivity contribution is -0.120. The van der Waals surface area contributed by atoms with Crippen LogP contribution in [0, 0.1) is 5.82 Å². The standard InChI is InChI=1S/C24H21ClFN3O/c25-19-9-6-10-20(26)18(19)16-29-22-12-5-4-11-21(22)28-23(29)13-14-27-24(30)15-17-7-2-1-3-8-17/h1-12H,13-16H2,(H,27,30). The Kier molecular flexibility index (Phi) is 6.10. The van der Waals surface area contributed by atoms with Gasteiger partial charge in [0.2, 0.25) is 5.91 Å². The fourth-order valence-electron chi connectivity index (χ4n) is 3.49. The van der Waals surface area contributed by atoms with Crippen molar-refractivity contribution >= 4 is 28.5 Å². The summed E-state index contributed by atoms with van der Waals surface area (Å²) in [5, 5.41) is 3.33. The molecule has 0 bridgehead atoms. The predicted molar refractivity (Wildman–Crippen MR) is 117 cm³/mol. The number of para-hydroxylation sites is 2. The zero-order valence-electron chi connectivity index (χ0n) is 16.3. The summed E-state index contributed by atoms with van der Waals surface area (Å²) < 4.78 is 16.3. The normalized spacial score (nSPS) is 11.0. The van der Waals surface area contributed by atoms with Gasteiger partial charge in [-0.05, 0) is 29.8 Å². The molecule has 0 spiro atoms. The van der Waals surface area contributed by atoms with Crippen LogP contribution in [0.25, 0.3) is 11.0 Å². The van der Waals surface area contributed by atoms with Crippen LogP contribution >= 0.6 is 11.6 Å². The van der Waals surface area contributed by atoms with E-state index in [2.05, 4.69) is 5.32 Å². The number of hydrogen-bond acceptors (Lipinski definition) is 2. The summed E-state index contributed by atoms with van der Waals surface area (Å²) in [7, 11) is 0. The van der Waals surface area contributed by atoms with E-state index in [0.717, 1.165) is 22.4 Å². The molecule has 0 radical (unpaired) electrons. The lowest BCUT2D eigenvalue weighted by Gasteiger charge is -2.12. The largest absolute Gasteiger partial charge is 0.355 e. The van der Waals surface area contributed by atoms with E-state index in [1.165, 1.54) is 6.07 Å². The highest BCUT2D eigenvalue weighted by molar-refractivity contribution is 6.31. The van der Waals surface area contributed by atoms with E-state index >= 15 is 0 Å². The number of benzene rings is 3. The Morgan fingerprint density at radius 3 is 2.57 bits per heavy atom. The first-order chi connectivity index (χ1) is 14.6. The Labute approximate surface area is 179 Å². The molecule has 4 nitrogen and oxygen atoms in total. The maximum absolute atomic E-state index is 14.4. The average molecular weight is 422 g/mol. The quantitative estimate of drug-likeness (QED) is 0.467. The smallest absolute Gasteiger partial charge is 0.224 e. The van der Waals surface area contributed by atoms with Gasteiger partial charge in [-0.25, -0.2) is 9.37 Å². The number of nitrogens with one attached hydrogen (secondary N) is 1. The van der Waals surface area contributed by atoms with Crippen molar-refractivity contribution in [1.29, 1.82) is 0 Å². The van der Waals surface area contributed by atoms with Crippen LogP contribution in [0.3, 0.4) is 0 Å². The molecule has 0 aliphatic carbocycles. The second-order valence-electron chi connectivity index (χ2n) is 7.07. The van der Waals surface area contributed by atoms with Crippen molar-refractivity contribution in [3.63, 3.8) is 0 Å². The van der Waals surface area contributed by atoms with E-state index in [-0.39, 0.29) is 18.3 Å². The van der Waals surface area contributed by atoms with E-state index < -0.39 is 0 Å². The molecule has 152 valence electrons. The second-order valence-corrected chi connectivity index (χ2v) is 7.47. The molecule has 30 heavy (non-hydrogen) atoms. The summed E-state index contributed by atoms with van der Waals surface area (Å²) in [6.45, 7) is 0.722. The number of aromatic nitrogens is 2. The second kappa shape index (κ2) is 9.09. The number of carbonyl (C=O) groups excluding carboxylic acids is 1.